The molecule has 0 saturated heterocycles. The fourth-order valence-corrected chi connectivity index (χ4v) is 4.47. The van der Waals surface area contributed by atoms with Gasteiger partial charge in [-0.2, -0.15) is 4.31 Å². The Bertz CT molecular complexity index is 542. The van der Waals surface area contributed by atoms with Gasteiger partial charge in [0.2, 0.25) is 10.0 Å². The van der Waals surface area contributed by atoms with Crippen LogP contribution >= 0.6 is 43.5 Å². The molecule has 0 aliphatic rings. The van der Waals surface area contributed by atoms with Gasteiger partial charge in [0.15, 0.2) is 0 Å². The highest BCUT2D eigenvalue weighted by molar-refractivity contribution is 9.10. The third kappa shape index (κ3) is 4.63. The number of halogens is 5. The molecule has 108 valence electrons. The summed E-state index contributed by atoms with van der Waals surface area (Å²) < 4.78 is 50.8. The van der Waals surface area contributed by atoms with Crippen molar-refractivity contribution in [1.29, 1.82) is 0 Å². The molecule has 0 amide bonds. The van der Waals surface area contributed by atoms with Crippen molar-refractivity contribution in [3.05, 3.63) is 27.7 Å². The minimum atomic E-state index is -4.04. The van der Waals surface area contributed by atoms with E-state index < -0.39 is 23.0 Å². The van der Waals surface area contributed by atoms with Crippen molar-refractivity contribution in [2.45, 2.75) is 11.3 Å². The number of rotatable bonds is 6. The molecule has 0 atom stereocenters. The van der Waals surface area contributed by atoms with Gasteiger partial charge in [0.05, 0.1) is 11.6 Å². The molecule has 0 aliphatic heterocycles. The number of benzene rings is 1. The molecule has 1 aromatic carbocycles. The predicted octanol–water partition coefficient (Wildman–Crippen LogP) is 3.75. The van der Waals surface area contributed by atoms with Gasteiger partial charge in [-0.25, -0.2) is 17.2 Å². The van der Waals surface area contributed by atoms with E-state index >= 15 is 0 Å². The van der Waals surface area contributed by atoms with Crippen molar-refractivity contribution in [3.63, 3.8) is 0 Å². The summed E-state index contributed by atoms with van der Waals surface area (Å²) in [6.07, 6.45) is -2.75. The van der Waals surface area contributed by atoms with E-state index in [9.17, 15) is 17.2 Å². The van der Waals surface area contributed by atoms with Crippen LogP contribution in [0.3, 0.4) is 0 Å². The Balaban J connectivity index is 3.18. The monoisotopic (exact) mass is 439 g/mol. The van der Waals surface area contributed by atoms with E-state index in [1.165, 1.54) is 18.2 Å². The molecular weight excluding hydrogens is 431 g/mol. The van der Waals surface area contributed by atoms with Gasteiger partial charge in [-0.15, -0.1) is 0 Å². The van der Waals surface area contributed by atoms with Gasteiger partial charge in [-0.3, -0.25) is 0 Å². The van der Waals surface area contributed by atoms with E-state index in [0.29, 0.717) is 8.78 Å². The first kappa shape index (κ1) is 17.3. The van der Waals surface area contributed by atoms with Crippen LogP contribution in [0, 0.1) is 0 Å². The summed E-state index contributed by atoms with van der Waals surface area (Å²) in [7, 11) is -4.04. The summed E-state index contributed by atoms with van der Waals surface area (Å²) in [5.41, 5.74) is 0. The zero-order chi connectivity index (χ0) is 14.6. The highest BCUT2D eigenvalue weighted by Crippen LogP contribution is 2.28. The van der Waals surface area contributed by atoms with Crippen molar-refractivity contribution < 1.29 is 17.2 Å². The molecule has 0 saturated carbocycles. The maximum absolute atomic E-state index is 12.5. The Morgan fingerprint density at radius 2 is 2.00 bits per heavy atom. The lowest BCUT2D eigenvalue weighted by Gasteiger charge is -2.21. The Labute approximate surface area is 132 Å². The quantitative estimate of drug-likeness (QED) is 0.631. The van der Waals surface area contributed by atoms with Gasteiger partial charge in [-0.05, 0) is 18.2 Å². The molecule has 0 spiro atoms. The van der Waals surface area contributed by atoms with Crippen LogP contribution in [0.4, 0.5) is 8.78 Å². The molecule has 0 fully saturated rings. The molecule has 3 nitrogen and oxygen atoms in total. The van der Waals surface area contributed by atoms with Gasteiger partial charge in [0, 0.05) is 16.3 Å². The fourth-order valence-electron chi connectivity index (χ4n) is 1.38. The number of alkyl halides is 3. The lowest BCUT2D eigenvalue weighted by atomic mass is 10.4. The topological polar surface area (TPSA) is 37.4 Å². The summed E-state index contributed by atoms with van der Waals surface area (Å²) >= 11 is 12.1. The molecule has 0 radical (unpaired) electrons. The number of hydrogen-bond acceptors (Lipinski definition) is 2. The van der Waals surface area contributed by atoms with E-state index in [0.717, 1.165) is 0 Å². The van der Waals surface area contributed by atoms with Gasteiger partial charge >= 0.3 is 0 Å². The first-order valence-electron chi connectivity index (χ1n) is 5.08. The predicted molar refractivity (Wildman–Crippen MR) is 77.7 cm³/mol. The van der Waals surface area contributed by atoms with E-state index in [1.54, 1.807) is 0 Å². The van der Waals surface area contributed by atoms with Crippen LogP contribution < -0.4 is 0 Å². The third-order valence-electron chi connectivity index (χ3n) is 2.19. The Kier molecular flexibility index (Phi) is 6.65. The standard InChI is InChI=1S/C10H10Br2ClF2NO2S/c11-3-4-16(6-10(14)15)19(17,18)9-2-1-7(12)5-8(9)13/h1-2,5,10H,3-4,6H2. The first-order chi connectivity index (χ1) is 8.78. The van der Waals surface area contributed by atoms with E-state index in [4.69, 9.17) is 11.6 Å². The molecule has 0 N–H and O–H groups in total. The van der Waals surface area contributed by atoms with Crippen LogP contribution in [-0.4, -0.2) is 37.6 Å². The van der Waals surface area contributed by atoms with Gasteiger partial charge < -0.3 is 0 Å². The van der Waals surface area contributed by atoms with Crippen LogP contribution in [0.15, 0.2) is 27.6 Å². The van der Waals surface area contributed by atoms with Crippen molar-refractivity contribution in [2.24, 2.45) is 0 Å². The number of nitrogens with zero attached hydrogens (tertiary/aromatic N) is 1. The fraction of sp³-hybridized carbons (Fsp3) is 0.400. The average Bonchev–Trinajstić information content (AvgIpc) is 2.27. The maximum Gasteiger partial charge on any atom is 0.252 e. The smallest absolute Gasteiger partial charge is 0.209 e. The van der Waals surface area contributed by atoms with Crippen molar-refractivity contribution in [1.82, 2.24) is 4.31 Å². The normalized spacial score (nSPS) is 12.4. The lowest BCUT2D eigenvalue weighted by Crippen LogP contribution is -2.36. The highest BCUT2D eigenvalue weighted by Gasteiger charge is 2.28. The molecule has 0 aromatic heterocycles. The Morgan fingerprint density at radius 1 is 1.37 bits per heavy atom. The second kappa shape index (κ2) is 7.31. The van der Waals surface area contributed by atoms with E-state index in [1.807, 2.05) is 0 Å². The number of hydrogen-bond donors (Lipinski definition) is 0. The Morgan fingerprint density at radius 3 is 2.47 bits per heavy atom. The molecule has 0 bridgehead atoms. The zero-order valence-corrected chi connectivity index (χ0v) is 14.2. The number of sulfonamides is 1. The Hall–Kier alpha value is 0.240. The summed E-state index contributed by atoms with van der Waals surface area (Å²) in [4.78, 5) is -0.182. The van der Waals surface area contributed by atoms with Gasteiger partial charge in [0.25, 0.3) is 6.43 Å². The van der Waals surface area contributed by atoms with Gasteiger partial charge in [0.1, 0.15) is 4.90 Å². The molecule has 1 rings (SSSR count). The molecular formula is C10H10Br2ClF2NO2S. The van der Waals surface area contributed by atoms with Crippen molar-refractivity contribution in [2.75, 3.05) is 18.4 Å². The molecule has 1 aromatic rings. The highest BCUT2D eigenvalue weighted by atomic mass is 79.9. The molecule has 19 heavy (non-hydrogen) atoms. The first-order valence-corrected chi connectivity index (χ1v) is 8.81. The van der Waals surface area contributed by atoms with Crippen LogP contribution in [0.2, 0.25) is 5.02 Å². The minimum absolute atomic E-state index is 0.0109. The summed E-state index contributed by atoms with van der Waals surface area (Å²) in [6, 6.07) is 4.19. The molecule has 0 heterocycles. The zero-order valence-electron chi connectivity index (χ0n) is 9.49. The summed E-state index contributed by atoms with van der Waals surface area (Å²) in [5, 5.41) is 0.246. The summed E-state index contributed by atoms with van der Waals surface area (Å²) in [5.74, 6) is 0. The van der Waals surface area contributed by atoms with Crippen LogP contribution in [-0.2, 0) is 10.0 Å². The molecule has 0 unspecified atom stereocenters. The van der Waals surface area contributed by atoms with E-state index in [2.05, 4.69) is 31.9 Å². The third-order valence-corrected chi connectivity index (χ3v) is 5.38. The molecule has 9 heteroatoms. The second-order valence-corrected chi connectivity index (χ2v) is 7.54. The average molecular weight is 442 g/mol. The lowest BCUT2D eigenvalue weighted by molar-refractivity contribution is 0.121. The van der Waals surface area contributed by atoms with Gasteiger partial charge in [-0.1, -0.05) is 43.5 Å². The maximum atomic E-state index is 12.5. The largest absolute Gasteiger partial charge is 0.252 e. The van der Waals surface area contributed by atoms with Crippen molar-refractivity contribution >= 4 is 53.5 Å². The molecule has 0 aliphatic carbocycles. The summed E-state index contributed by atoms with van der Waals surface area (Å²) in [6.45, 7) is -0.917. The van der Waals surface area contributed by atoms with E-state index in [-0.39, 0.29) is 21.8 Å². The SMILES string of the molecule is O=S(=O)(c1ccc(Br)cc1Cl)N(CCBr)CC(F)F. The van der Waals surface area contributed by atoms with Crippen LogP contribution in [0.1, 0.15) is 0 Å². The van der Waals surface area contributed by atoms with Crippen molar-refractivity contribution in [3.8, 4) is 0 Å². The van der Waals surface area contributed by atoms with Crippen LogP contribution in [0.25, 0.3) is 0 Å². The second-order valence-electron chi connectivity index (χ2n) is 3.52. The minimum Gasteiger partial charge on any atom is -0.209 e. The van der Waals surface area contributed by atoms with Crippen LogP contribution in [0.5, 0.6) is 0 Å².